The number of nitro groups is 1. The van der Waals surface area contributed by atoms with Crippen LogP contribution in [0.4, 0.5) is 28.4 Å². The molecule has 0 unspecified atom stereocenters. The first-order valence-electron chi connectivity index (χ1n) is 24.4. The van der Waals surface area contributed by atoms with Gasteiger partial charge in [-0.3, -0.25) is 19.8 Å². The van der Waals surface area contributed by atoms with Gasteiger partial charge in [0.05, 0.1) is 27.7 Å². The molecule has 7 heterocycles. The lowest BCUT2D eigenvalue weighted by molar-refractivity contribution is -0.384. The molecule has 68 heavy (non-hydrogen) atoms. The van der Waals surface area contributed by atoms with Crippen molar-refractivity contribution in [2.24, 2.45) is 17.3 Å². The molecule has 17 heteroatoms. The molecular weight excluding hydrogens is 885 g/mol. The summed E-state index contributed by atoms with van der Waals surface area (Å²) in [5.41, 5.74) is 5.87. The van der Waals surface area contributed by atoms with E-state index in [9.17, 15) is 23.3 Å². The molecule has 5 fully saturated rings. The number of sulfonamides is 1. The van der Waals surface area contributed by atoms with Crippen molar-refractivity contribution in [1.82, 2.24) is 19.6 Å². The normalized spacial score (nSPS) is 23.3. The van der Waals surface area contributed by atoms with Gasteiger partial charge in [0, 0.05) is 87.3 Å². The minimum absolute atomic E-state index is 0.0149. The Bertz CT molecular complexity index is 2820. The third-order valence-corrected chi connectivity index (χ3v) is 17.2. The number of nitro benzene ring substituents is 1. The number of piperidine rings is 1. The van der Waals surface area contributed by atoms with Gasteiger partial charge in [-0.15, -0.1) is 0 Å². The number of nitrogens with one attached hydrogen (secondary N) is 3. The predicted molar refractivity (Wildman–Crippen MR) is 259 cm³/mol. The first-order valence-corrected chi connectivity index (χ1v) is 25.9. The molecule has 358 valence electrons. The Morgan fingerprint density at radius 1 is 0.941 bits per heavy atom. The molecule has 5 aromatic rings. The Kier molecular flexibility index (Phi) is 12.0. The highest BCUT2D eigenvalue weighted by atomic mass is 32.2. The van der Waals surface area contributed by atoms with Gasteiger partial charge in [-0.2, -0.15) is 4.98 Å². The highest BCUT2D eigenvalue weighted by Gasteiger charge is 2.50. The van der Waals surface area contributed by atoms with Crippen LogP contribution in [-0.2, 0) is 19.5 Å². The van der Waals surface area contributed by atoms with Crippen LogP contribution in [0.5, 0.6) is 5.88 Å². The molecule has 3 N–H and O–H groups in total. The largest absolute Gasteiger partial charge is 0.470 e. The van der Waals surface area contributed by atoms with E-state index in [1.807, 2.05) is 30.5 Å². The van der Waals surface area contributed by atoms with E-state index in [0.717, 1.165) is 68.9 Å². The molecule has 0 bridgehead atoms. The zero-order valence-electron chi connectivity index (χ0n) is 38.5. The van der Waals surface area contributed by atoms with E-state index in [4.69, 9.17) is 19.2 Å². The lowest BCUT2D eigenvalue weighted by atomic mass is 9.59. The molecule has 0 radical (unpaired) electrons. The van der Waals surface area contributed by atoms with Crippen molar-refractivity contribution in [3.8, 4) is 5.88 Å². The molecule has 16 nitrogen and oxygen atoms in total. The van der Waals surface area contributed by atoms with E-state index < -0.39 is 26.5 Å². The minimum Gasteiger partial charge on any atom is -0.470 e. The standard InChI is InChI=1S/C51H60N8O8S/c1-33-5-2-3-6-40(33)43-7-4-19-57(43)38-28-51(29-38)16-20-56(21-17-51)37-8-10-41(44(26-37)58-31-36-15-24-66-32-47(36)67-50-46(58)25-35-12-18-52-48(35)54-50)49(60)55-68(63,64)39-9-11-42(45(27-39)59(61)62)53-30-34-13-22-65-23-14-34/h2-3,5-6,8-12,18,25-27,34,36,38,43,47,53H,4,7,13-17,19-24,28-32H2,1H3,(H,52,54)(H,55,60)/t36-,43-,47+/m0/s1. The average molecular weight is 945 g/mol. The summed E-state index contributed by atoms with van der Waals surface area (Å²) in [6.07, 6.45) is 10.9. The van der Waals surface area contributed by atoms with Crippen LogP contribution in [0.25, 0.3) is 11.0 Å². The number of rotatable bonds is 11. The summed E-state index contributed by atoms with van der Waals surface area (Å²) in [6.45, 7) is 8.28. The molecule has 11 rings (SSSR count). The van der Waals surface area contributed by atoms with Crippen LogP contribution in [0.15, 0.2) is 83.9 Å². The summed E-state index contributed by atoms with van der Waals surface area (Å²) >= 11 is 0. The summed E-state index contributed by atoms with van der Waals surface area (Å²) in [6, 6.07) is 23.2. The Morgan fingerprint density at radius 2 is 1.75 bits per heavy atom. The van der Waals surface area contributed by atoms with Gasteiger partial charge < -0.3 is 34.3 Å². The second-order valence-electron chi connectivity index (χ2n) is 19.9. The summed E-state index contributed by atoms with van der Waals surface area (Å²) in [5.74, 6) is -0.175. The topological polar surface area (TPSA) is 184 Å². The maximum Gasteiger partial charge on any atom is 0.293 e. The highest BCUT2D eigenvalue weighted by Crippen LogP contribution is 2.54. The number of carbonyl (C=O) groups excluding carboxylic acids is 1. The smallest absolute Gasteiger partial charge is 0.293 e. The van der Waals surface area contributed by atoms with E-state index in [-0.39, 0.29) is 34.1 Å². The summed E-state index contributed by atoms with van der Waals surface area (Å²) in [5, 5.41) is 16.3. The number of aromatic amines is 1. The first kappa shape index (κ1) is 44.7. The number of carbonyl (C=O) groups is 1. The van der Waals surface area contributed by atoms with Gasteiger partial charge in [0.1, 0.15) is 23.1 Å². The Hall–Kier alpha value is -5.75. The minimum atomic E-state index is -4.58. The van der Waals surface area contributed by atoms with Crippen LogP contribution >= 0.6 is 0 Å². The molecule has 1 aliphatic carbocycles. The number of H-pyrrole nitrogens is 1. The second-order valence-corrected chi connectivity index (χ2v) is 21.6. The van der Waals surface area contributed by atoms with Crippen LogP contribution in [0.2, 0.25) is 0 Å². The maximum absolute atomic E-state index is 14.6. The highest BCUT2D eigenvalue weighted by molar-refractivity contribution is 7.90. The Balaban J connectivity index is 0.879. The van der Waals surface area contributed by atoms with Crippen LogP contribution < -0.4 is 24.6 Å². The van der Waals surface area contributed by atoms with E-state index in [0.29, 0.717) is 79.9 Å². The summed E-state index contributed by atoms with van der Waals surface area (Å²) < 4.78 is 48.5. The fourth-order valence-corrected chi connectivity index (χ4v) is 12.9. The lowest BCUT2D eigenvalue weighted by Crippen LogP contribution is -2.54. The number of fused-ring (bicyclic) bond motifs is 3. The second kappa shape index (κ2) is 18.3. The third-order valence-electron chi connectivity index (χ3n) is 15.9. The zero-order chi connectivity index (χ0) is 46.6. The molecule has 4 saturated heterocycles. The maximum atomic E-state index is 14.6. The first-order chi connectivity index (χ1) is 33.0. The van der Waals surface area contributed by atoms with Crippen molar-refractivity contribution in [3.05, 3.63) is 106 Å². The number of likely N-dealkylation sites (tertiary alicyclic amines) is 1. The summed E-state index contributed by atoms with van der Waals surface area (Å²) in [7, 11) is -4.58. The number of benzene rings is 3. The van der Waals surface area contributed by atoms with Crippen LogP contribution in [0.3, 0.4) is 0 Å². The van der Waals surface area contributed by atoms with Gasteiger partial charge >= 0.3 is 0 Å². The molecule has 1 spiro atoms. The van der Waals surface area contributed by atoms with Crippen molar-refractivity contribution in [2.75, 3.05) is 74.3 Å². The van der Waals surface area contributed by atoms with Gasteiger partial charge in [0.15, 0.2) is 0 Å². The number of anilines is 4. The molecule has 5 aliphatic heterocycles. The Morgan fingerprint density at radius 3 is 2.56 bits per heavy atom. The van der Waals surface area contributed by atoms with E-state index >= 15 is 0 Å². The van der Waals surface area contributed by atoms with Crippen LogP contribution in [0, 0.1) is 34.3 Å². The van der Waals surface area contributed by atoms with Crippen LogP contribution in [0.1, 0.15) is 85.3 Å². The van der Waals surface area contributed by atoms with Crippen molar-refractivity contribution >= 4 is 55.4 Å². The molecule has 3 aromatic carbocycles. The quantitative estimate of drug-likeness (QED) is 0.0851. The molecule has 1 saturated carbocycles. The van der Waals surface area contributed by atoms with Gasteiger partial charge in [0.2, 0.25) is 5.88 Å². The SMILES string of the molecule is Cc1ccccc1[C@@H]1CCCN1C1CC2(CCN(c3ccc(C(=O)NS(=O)(=O)c4ccc(NCC5CCOCC5)c([N+](=O)[O-])c4)c(N4C[C@@H]5CCOC[C@H]5Oc5nc6[nH]ccc6cc54)c3)CC2)C1. The van der Waals surface area contributed by atoms with Crippen molar-refractivity contribution in [3.63, 3.8) is 0 Å². The van der Waals surface area contributed by atoms with E-state index in [1.54, 1.807) is 6.07 Å². The number of aryl methyl sites for hydroxylation is 1. The number of hydrogen-bond acceptors (Lipinski definition) is 13. The fourth-order valence-electron chi connectivity index (χ4n) is 11.9. The van der Waals surface area contributed by atoms with Crippen molar-refractivity contribution in [1.29, 1.82) is 0 Å². The number of nitrogens with zero attached hydrogens (tertiary/aromatic N) is 5. The number of aromatic nitrogens is 2. The molecular formula is C51H60N8O8S. The number of pyridine rings is 1. The third kappa shape index (κ3) is 8.66. The average Bonchev–Trinajstić information content (AvgIpc) is 3.98. The molecule has 6 aliphatic rings. The predicted octanol–water partition coefficient (Wildman–Crippen LogP) is 8.26. The van der Waals surface area contributed by atoms with Crippen LogP contribution in [-0.4, -0.2) is 105 Å². The van der Waals surface area contributed by atoms with Gasteiger partial charge in [-0.05, 0) is 136 Å². The van der Waals surface area contributed by atoms with Crippen molar-refractivity contribution in [2.45, 2.75) is 87.8 Å². The van der Waals surface area contributed by atoms with E-state index in [1.165, 1.54) is 48.9 Å². The van der Waals surface area contributed by atoms with Gasteiger partial charge in [-0.25, -0.2) is 13.1 Å². The monoisotopic (exact) mass is 944 g/mol. The molecule has 2 aromatic heterocycles. The number of ether oxygens (including phenoxy) is 3. The molecule has 3 atom stereocenters. The number of amides is 1. The summed E-state index contributed by atoms with van der Waals surface area (Å²) in [4.78, 5) is 41.3. The zero-order valence-corrected chi connectivity index (χ0v) is 39.3. The fraction of sp³-hybridized carbons (Fsp3) is 0.490. The lowest BCUT2D eigenvalue weighted by Gasteiger charge is -2.56. The molecule has 1 amide bonds. The van der Waals surface area contributed by atoms with E-state index in [2.05, 4.69) is 60.9 Å². The van der Waals surface area contributed by atoms with Crippen molar-refractivity contribution < 1.29 is 32.3 Å². The van der Waals surface area contributed by atoms with Gasteiger partial charge in [0.25, 0.3) is 21.6 Å². The Labute approximate surface area is 396 Å². The van der Waals surface area contributed by atoms with Gasteiger partial charge in [-0.1, -0.05) is 24.3 Å². The number of hydrogen-bond donors (Lipinski definition) is 3.